The summed E-state index contributed by atoms with van der Waals surface area (Å²) >= 11 is 0. The van der Waals surface area contributed by atoms with Crippen LogP contribution in [0.25, 0.3) is 11.6 Å². The van der Waals surface area contributed by atoms with Gasteiger partial charge in [-0.3, -0.25) is 24.0 Å². The molecule has 0 bridgehead atoms. The molecule has 4 aromatic carbocycles. The monoisotopic (exact) mass is 1380 g/mol. The highest BCUT2D eigenvalue weighted by molar-refractivity contribution is 7.90. The summed E-state index contributed by atoms with van der Waals surface area (Å²) in [5.41, 5.74) is -1.84. The number of carbonyl (C=O) groups is 6. The second-order valence-corrected chi connectivity index (χ2v) is 27.4. The molecule has 97 heavy (non-hydrogen) atoms. The van der Waals surface area contributed by atoms with Gasteiger partial charge in [0.15, 0.2) is 0 Å². The molecule has 2 aliphatic carbocycles. The van der Waals surface area contributed by atoms with Gasteiger partial charge in [-0.05, 0) is 131 Å². The number of aromatic nitrogens is 8. The first kappa shape index (κ1) is 67.2. The number of carboxylic acids is 1. The smallest absolute Gasteiger partial charge is 0.478 e. The Balaban J connectivity index is 0.000000186. The van der Waals surface area contributed by atoms with E-state index in [4.69, 9.17) is 4.74 Å². The van der Waals surface area contributed by atoms with Gasteiger partial charge >= 0.3 is 37.0 Å². The third-order valence-electron chi connectivity index (χ3n) is 17.9. The molecule has 27 nitrogen and oxygen atoms in total. The number of sulfonamides is 2. The molecule has 35 heteroatoms. The Hall–Kier alpha value is -9.84. The summed E-state index contributed by atoms with van der Waals surface area (Å²) in [6, 6.07) is 18.5. The number of carboxylic acid groups (broad SMARTS) is 1. The van der Waals surface area contributed by atoms with Crippen LogP contribution in [0.4, 0.5) is 26.3 Å². The van der Waals surface area contributed by atoms with Crippen LogP contribution in [0.2, 0.25) is 0 Å². The van der Waals surface area contributed by atoms with Crippen LogP contribution in [-0.4, -0.2) is 161 Å². The van der Waals surface area contributed by atoms with Crippen molar-refractivity contribution in [3.8, 4) is 0 Å². The lowest BCUT2D eigenvalue weighted by Crippen LogP contribution is -2.43. The Kier molecular flexibility index (Phi) is 18.2. The zero-order valence-corrected chi connectivity index (χ0v) is 53.1. The van der Waals surface area contributed by atoms with Gasteiger partial charge < -0.3 is 36.0 Å². The fourth-order valence-corrected chi connectivity index (χ4v) is 14.6. The van der Waals surface area contributed by atoms with Crippen molar-refractivity contribution in [1.82, 2.24) is 73.9 Å². The summed E-state index contributed by atoms with van der Waals surface area (Å²) in [5.74, 6) is -3.45. The van der Waals surface area contributed by atoms with Gasteiger partial charge in [-0.15, -0.1) is 0 Å². The van der Waals surface area contributed by atoms with Gasteiger partial charge in [0.1, 0.15) is 35.4 Å². The maximum absolute atomic E-state index is 13.7. The van der Waals surface area contributed by atoms with E-state index in [2.05, 4.69) is 51.4 Å². The van der Waals surface area contributed by atoms with Crippen molar-refractivity contribution < 1.29 is 81.8 Å². The molecule has 0 spiro atoms. The van der Waals surface area contributed by atoms with Crippen molar-refractivity contribution >= 4 is 67.1 Å². The average molecular weight is 1380 g/mol. The fraction of sp³-hybridized carbons (Fsp3) is 0.355. The molecular formula is C62H59F6N15O12S2. The molecular weight excluding hydrogens is 1320 g/mol. The minimum absolute atomic E-state index is 0.00804. The highest BCUT2D eigenvalue weighted by atomic mass is 32.2. The number of fused-ring (bicyclic) bond motifs is 6. The Labute approximate surface area is 547 Å². The number of amides is 5. The fourth-order valence-electron chi connectivity index (χ4n) is 12.7. The maximum Gasteiger partial charge on any atom is 0.511 e. The van der Waals surface area contributed by atoms with Crippen LogP contribution in [0, 0.1) is 13.8 Å². The lowest BCUT2D eigenvalue weighted by atomic mass is 9.97. The van der Waals surface area contributed by atoms with E-state index in [9.17, 15) is 77.1 Å². The van der Waals surface area contributed by atoms with Crippen LogP contribution < -0.4 is 21.3 Å². The first-order valence-electron chi connectivity index (χ1n) is 30.3. The van der Waals surface area contributed by atoms with Crippen molar-refractivity contribution in [2.24, 2.45) is 0 Å². The Bertz CT molecular complexity index is 4790. The predicted octanol–water partition coefficient (Wildman–Crippen LogP) is 5.15. The number of benzene rings is 4. The second kappa shape index (κ2) is 26.3. The van der Waals surface area contributed by atoms with Crippen LogP contribution in [-0.2, 0) is 76.6 Å². The molecule has 5 aliphatic rings. The molecule has 1 fully saturated rings. The minimum atomic E-state index is -5.48. The van der Waals surface area contributed by atoms with Crippen molar-refractivity contribution in [1.29, 1.82) is 0 Å². The highest BCUT2D eigenvalue weighted by Gasteiger charge is 2.51. The summed E-state index contributed by atoms with van der Waals surface area (Å²) in [7, 11) is -11.0. The third kappa shape index (κ3) is 13.3. The van der Waals surface area contributed by atoms with Crippen LogP contribution in [0.5, 0.6) is 0 Å². The molecule has 5 N–H and O–H groups in total. The van der Waals surface area contributed by atoms with Crippen LogP contribution >= 0.6 is 0 Å². The Morgan fingerprint density at radius 2 is 0.990 bits per heavy atom. The lowest BCUT2D eigenvalue weighted by Gasteiger charge is -2.29. The molecule has 7 heterocycles. The predicted molar refractivity (Wildman–Crippen MR) is 328 cm³/mol. The molecule has 0 saturated carbocycles. The molecule has 3 aliphatic heterocycles. The number of hydrogen-bond donors (Lipinski definition) is 5. The SMILES string of the molecule is Cc1c(C(=O)N2CCOCC2)ccc2c1CC[C@@H]2NC(=O)c1cc(C(=O)NCc2ccc3c(c2)CN(S(=O)(=O)C(F)(F)F)CC3)nc2ncnn12.Cc1c(C(=O)O)ccc2c1CC[C@@H]2NC(=O)c1cc(C(=O)NCc2ccc3c(c2)CN(S(=O)(=O)C(F)(F)F)CC3)nc2ncnn12. The van der Waals surface area contributed by atoms with E-state index in [-0.39, 0.29) is 90.9 Å². The van der Waals surface area contributed by atoms with Crippen LogP contribution in [0.15, 0.2) is 85.5 Å². The zero-order chi connectivity index (χ0) is 69.0. The van der Waals surface area contributed by atoms with E-state index >= 15 is 0 Å². The number of alkyl halides is 6. The van der Waals surface area contributed by atoms with Crippen LogP contribution in [0.3, 0.4) is 0 Å². The number of nitrogens with one attached hydrogen (secondary N) is 4. The van der Waals surface area contributed by atoms with E-state index in [1.165, 1.54) is 39.9 Å². The minimum Gasteiger partial charge on any atom is -0.478 e. The number of morpholine rings is 1. The number of halogens is 6. The normalized spacial score (nSPS) is 17.3. The summed E-state index contributed by atoms with van der Waals surface area (Å²) in [6.45, 7) is 4.13. The largest absolute Gasteiger partial charge is 0.511 e. The van der Waals surface area contributed by atoms with E-state index in [1.54, 1.807) is 60.4 Å². The molecule has 4 aromatic heterocycles. The van der Waals surface area contributed by atoms with Crippen molar-refractivity contribution in [3.63, 3.8) is 0 Å². The van der Waals surface area contributed by atoms with Gasteiger partial charge in [0.2, 0.25) is 0 Å². The van der Waals surface area contributed by atoms with Gasteiger partial charge in [-0.1, -0.05) is 48.5 Å². The molecule has 2 atom stereocenters. The number of ether oxygens (including phenoxy) is 1. The molecule has 8 aromatic rings. The van der Waals surface area contributed by atoms with Crippen molar-refractivity contribution in [3.05, 3.63) is 186 Å². The van der Waals surface area contributed by atoms with E-state index in [0.717, 1.165) is 33.4 Å². The molecule has 1 saturated heterocycles. The summed E-state index contributed by atoms with van der Waals surface area (Å²) in [6.07, 6.45) is 5.01. The van der Waals surface area contributed by atoms with Gasteiger partial charge in [0, 0.05) is 70.1 Å². The summed E-state index contributed by atoms with van der Waals surface area (Å²) in [5, 5.41) is 28.9. The Morgan fingerprint density at radius 3 is 1.42 bits per heavy atom. The highest BCUT2D eigenvalue weighted by Crippen LogP contribution is 2.38. The van der Waals surface area contributed by atoms with E-state index in [1.807, 2.05) is 13.0 Å². The zero-order valence-electron chi connectivity index (χ0n) is 51.5. The van der Waals surface area contributed by atoms with Crippen molar-refractivity contribution in [2.75, 3.05) is 39.4 Å². The van der Waals surface area contributed by atoms with E-state index in [0.29, 0.717) is 99.5 Å². The van der Waals surface area contributed by atoms with Gasteiger partial charge in [0.05, 0.1) is 30.9 Å². The number of nitrogens with zero attached hydrogens (tertiary/aromatic N) is 11. The number of aromatic carboxylic acids is 1. The number of hydrogen-bond acceptors (Lipinski definition) is 17. The first-order chi connectivity index (χ1) is 46.1. The lowest BCUT2D eigenvalue weighted by molar-refractivity contribution is -0.0498. The molecule has 508 valence electrons. The van der Waals surface area contributed by atoms with Crippen molar-refractivity contribution in [2.45, 2.75) is 102 Å². The summed E-state index contributed by atoms with van der Waals surface area (Å²) in [4.78, 5) is 96.6. The average Bonchev–Trinajstić information content (AvgIpc) is 1.67. The first-order valence-corrected chi connectivity index (χ1v) is 33.2. The molecule has 0 radical (unpaired) electrons. The molecule has 13 rings (SSSR count). The molecule has 5 amide bonds. The third-order valence-corrected chi connectivity index (χ3v) is 21.0. The Morgan fingerprint density at radius 1 is 0.557 bits per heavy atom. The van der Waals surface area contributed by atoms with Gasteiger partial charge in [-0.25, -0.2) is 31.6 Å². The second-order valence-electron chi connectivity index (χ2n) is 23.6. The number of carbonyl (C=O) groups excluding carboxylic acids is 5. The number of rotatable bonds is 14. The standard InChI is InChI=1S/C33H33F3N8O6S.C29H26F3N7O6S/c1-19-23-6-7-26(25(23)5-4-24(19)31(47)42-10-12-50-13-11-42)40-30(46)28-15-27(41-32-38-18-39-44(28)32)29(45)37-16-20-2-3-21-8-9-43(17-22(21)14-20)51(48,49)33(34,35)36;1-15-19-6-7-22(21(19)5-4-20(15)27(42)43)36-26(41)24-11-23(37-28-34-14-35-39(24)28)25(40)33-12-16-2-3-17-8-9-38(13-18(17)10-16)46(44,45)29(30,31)32/h2-5,14-15,18,26H,6-13,16-17H2,1H3,(H,37,45)(H,40,46);2-5,10-11,14,22H,6-9,12-13H2,1H3,(H,33,40)(H,36,41)(H,42,43)/t26-;22-/m00/s1. The topological polar surface area (TPSA) is 344 Å². The van der Waals surface area contributed by atoms with Crippen LogP contribution in [0.1, 0.15) is 154 Å². The quantitative estimate of drug-likeness (QED) is 0.0879. The van der Waals surface area contributed by atoms with E-state index < -0.39 is 79.8 Å². The van der Waals surface area contributed by atoms with Gasteiger partial charge in [0.25, 0.3) is 41.1 Å². The summed E-state index contributed by atoms with van der Waals surface area (Å²) < 4.78 is 135. The molecule has 0 unspecified atom stereocenters. The maximum atomic E-state index is 13.7. The van der Waals surface area contributed by atoms with Gasteiger partial charge in [-0.2, -0.15) is 64.1 Å².